The Morgan fingerprint density at radius 1 is 0.957 bits per heavy atom. The average Bonchev–Trinajstić information content (AvgIpc) is 2.62. The monoisotopic (exact) mass is 304 g/mol. The Bertz CT molecular complexity index is 677. The quantitative estimate of drug-likeness (QED) is 0.841. The van der Waals surface area contributed by atoms with Crippen LogP contribution in [0.3, 0.4) is 0 Å². The molecule has 23 heavy (non-hydrogen) atoms. The summed E-state index contributed by atoms with van der Waals surface area (Å²) in [6.45, 7) is 4.52. The molecule has 0 bridgehead atoms. The fourth-order valence-corrected chi connectivity index (χ4v) is 3.80. The number of likely N-dealkylation sites (tertiary alicyclic amines) is 1. The molecule has 0 aliphatic carbocycles. The van der Waals surface area contributed by atoms with Crippen molar-refractivity contribution in [1.29, 1.82) is 0 Å². The number of rotatable bonds is 3. The summed E-state index contributed by atoms with van der Waals surface area (Å²) in [7, 11) is 0. The van der Waals surface area contributed by atoms with Crippen LogP contribution < -0.4 is 0 Å². The van der Waals surface area contributed by atoms with Crippen molar-refractivity contribution < 1.29 is 0 Å². The summed E-state index contributed by atoms with van der Waals surface area (Å²) in [5.41, 5.74) is 4.25. The maximum atomic E-state index is 2.61. The number of benzene rings is 2. The van der Waals surface area contributed by atoms with Crippen LogP contribution in [-0.2, 0) is 13.1 Å². The summed E-state index contributed by atoms with van der Waals surface area (Å²) in [4.78, 5) is 5.15. The minimum absolute atomic E-state index is 0.636. The van der Waals surface area contributed by atoms with Crippen LogP contribution in [0.5, 0.6) is 0 Å². The predicted molar refractivity (Wildman–Crippen MR) is 95.8 cm³/mol. The first-order valence-electron chi connectivity index (χ1n) is 8.66. The molecule has 1 fully saturated rings. The summed E-state index contributed by atoms with van der Waals surface area (Å²) >= 11 is 0. The van der Waals surface area contributed by atoms with Crippen molar-refractivity contribution in [2.24, 2.45) is 0 Å². The number of piperidine rings is 1. The number of hydrogen-bond acceptors (Lipinski definition) is 2. The van der Waals surface area contributed by atoms with Gasteiger partial charge in [0.2, 0.25) is 0 Å². The maximum Gasteiger partial charge on any atom is 0.0433 e. The topological polar surface area (TPSA) is 6.48 Å². The molecule has 2 aromatic rings. The first kappa shape index (κ1) is 14.5. The van der Waals surface area contributed by atoms with E-state index in [2.05, 4.69) is 76.7 Å². The smallest absolute Gasteiger partial charge is 0.0433 e. The number of hydrogen-bond donors (Lipinski definition) is 0. The second-order valence-electron chi connectivity index (χ2n) is 6.70. The molecule has 0 spiro atoms. The van der Waals surface area contributed by atoms with E-state index in [9.17, 15) is 0 Å². The van der Waals surface area contributed by atoms with Gasteiger partial charge in [0.15, 0.2) is 0 Å². The van der Waals surface area contributed by atoms with Gasteiger partial charge in [0, 0.05) is 31.9 Å². The Kier molecular flexibility index (Phi) is 4.16. The molecule has 2 nitrogen and oxygen atoms in total. The zero-order chi connectivity index (χ0) is 15.5. The molecule has 4 rings (SSSR count). The number of fused-ring (bicyclic) bond motifs is 1. The molecule has 0 N–H and O–H groups in total. The maximum absolute atomic E-state index is 2.61. The molecule has 1 atom stereocenters. The second kappa shape index (κ2) is 6.59. The van der Waals surface area contributed by atoms with Gasteiger partial charge in [-0.3, -0.25) is 4.90 Å². The molecule has 2 aliphatic heterocycles. The highest BCUT2D eigenvalue weighted by atomic mass is 15.2. The van der Waals surface area contributed by atoms with Crippen LogP contribution in [0.1, 0.15) is 29.5 Å². The van der Waals surface area contributed by atoms with Gasteiger partial charge in [-0.05, 0) is 42.2 Å². The van der Waals surface area contributed by atoms with E-state index in [-0.39, 0.29) is 0 Å². The normalized spacial score (nSPS) is 21.2. The van der Waals surface area contributed by atoms with Gasteiger partial charge in [0.1, 0.15) is 0 Å². The van der Waals surface area contributed by atoms with Gasteiger partial charge in [-0.1, -0.05) is 54.6 Å². The predicted octanol–water partition coefficient (Wildman–Crippen LogP) is 4.14. The molecule has 2 heteroatoms. The largest absolute Gasteiger partial charge is 0.369 e. The third-order valence-electron chi connectivity index (χ3n) is 5.05. The van der Waals surface area contributed by atoms with Gasteiger partial charge in [-0.15, -0.1) is 0 Å². The van der Waals surface area contributed by atoms with Gasteiger partial charge in [-0.2, -0.15) is 0 Å². The summed E-state index contributed by atoms with van der Waals surface area (Å²) in [6.07, 6.45) is 7.18. The lowest BCUT2D eigenvalue weighted by Crippen LogP contribution is -2.45. The average molecular weight is 304 g/mol. The Labute approximate surface area is 139 Å². The van der Waals surface area contributed by atoms with Crippen molar-refractivity contribution in [2.75, 3.05) is 13.1 Å². The third kappa shape index (κ3) is 3.32. The first-order valence-corrected chi connectivity index (χ1v) is 8.66. The summed E-state index contributed by atoms with van der Waals surface area (Å²) in [6, 6.07) is 20.2. The van der Waals surface area contributed by atoms with Crippen molar-refractivity contribution in [3.05, 3.63) is 77.5 Å². The lowest BCUT2D eigenvalue weighted by Gasteiger charge is -2.40. The Morgan fingerprint density at radius 2 is 1.78 bits per heavy atom. The second-order valence-corrected chi connectivity index (χ2v) is 6.70. The highest BCUT2D eigenvalue weighted by Gasteiger charge is 2.25. The molecule has 0 amide bonds. The van der Waals surface area contributed by atoms with Crippen LogP contribution in [0, 0.1) is 0 Å². The molecule has 0 saturated carbocycles. The standard InChI is InChI=1S/C21H24N2/c1-2-7-18(8-3-1)15-22-13-6-11-21(17-22)23-14-12-19-9-4-5-10-20(19)16-23/h1-5,7-10,12,14,21H,6,11,13,15-17H2/t21-/m1/s1. The van der Waals surface area contributed by atoms with Crippen LogP contribution in [0.25, 0.3) is 6.08 Å². The minimum atomic E-state index is 0.636. The van der Waals surface area contributed by atoms with E-state index >= 15 is 0 Å². The van der Waals surface area contributed by atoms with Gasteiger partial charge in [-0.25, -0.2) is 0 Å². The van der Waals surface area contributed by atoms with Gasteiger partial charge < -0.3 is 4.90 Å². The van der Waals surface area contributed by atoms with Gasteiger partial charge in [0.25, 0.3) is 0 Å². The summed E-state index contributed by atoms with van der Waals surface area (Å²) in [5.74, 6) is 0. The van der Waals surface area contributed by atoms with E-state index in [4.69, 9.17) is 0 Å². The molecule has 0 aromatic heterocycles. The lowest BCUT2D eigenvalue weighted by atomic mass is 9.99. The Hall–Kier alpha value is -2.06. The Balaban J connectivity index is 1.42. The first-order chi connectivity index (χ1) is 11.4. The molecule has 1 saturated heterocycles. The number of nitrogens with zero attached hydrogens (tertiary/aromatic N) is 2. The van der Waals surface area contributed by atoms with Crippen LogP contribution in [0.4, 0.5) is 0 Å². The van der Waals surface area contributed by atoms with Crippen LogP contribution >= 0.6 is 0 Å². The van der Waals surface area contributed by atoms with Crippen molar-refractivity contribution in [2.45, 2.75) is 32.0 Å². The minimum Gasteiger partial charge on any atom is -0.369 e. The van der Waals surface area contributed by atoms with Gasteiger partial charge in [0.05, 0.1) is 0 Å². The molecule has 0 unspecified atom stereocenters. The zero-order valence-electron chi connectivity index (χ0n) is 13.6. The third-order valence-corrected chi connectivity index (χ3v) is 5.05. The van der Waals surface area contributed by atoms with E-state index < -0.39 is 0 Å². The van der Waals surface area contributed by atoms with E-state index in [0.29, 0.717) is 6.04 Å². The van der Waals surface area contributed by atoms with Crippen molar-refractivity contribution in [3.63, 3.8) is 0 Å². The van der Waals surface area contributed by atoms with Crippen molar-refractivity contribution in [3.8, 4) is 0 Å². The fourth-order valence-electron chi connectivity index (χ4n) is 3.80. The van der Waals surface area contributed by atoms with Gasteiger partial charge >= 0.3 is 0 Å². The molecular formula is C21H24N2. The molecule has 2 aliphatic rings. The highest BCUT2D eigenvalue weighted by molar-refractivity contribution is 5.55. The van der Waals surface area contributed by atoms with Crippen molar-refractivity contribution >= 4 is 6.08 Å². The van der Waals surface area contributed by atoms with Crippen LogP contribution in [0.15, 0.2) is 60.8 Å². The van der Waals surface area contributed by atoms with Crippen molar-refractivity contribution in [1.82, 2.24) is 9.80 Å². The highest BCUT2D eigenvalue weighted by Crippen LogP contribution is 2.25. The fraction of sp³-hybridized carbons (Fsp3) is 0.333. The lowest BCUT2D eigenvalue weighted by molar-refractivity contribution is 0.120. The zero-order valence-corrected chi connectivity index (χ0v) is 13.6. The van der Waals surface area contributed by atoms with Crippen LogP contribution in [-0.4, -0.2) is 28.9 Å². The summed E-state index contributed by atoms with van der Waals surface area (Å²) in [5, 5.41) is 0. The SMILES string of the molecule is C1=CN([C@@H]2CCCN(Cc3ccccc3)C2)Cc2ccccc21. The van der Waals surface area contributed by atoms with E-state index in [1.165, 1.54) is 42.6 Å². The molecule has 118 valence electrons. The van der Waals surface area contributed by atoms with Crippen LogP contribution in [0.2, 0.25) is 0 Å². The molecular weight excluding hydrogens is 280 g/mol. The molecule has 0 radical (unpaired) electrons. The molecule has 2 heterocycles. The van der Waals surface area contributed by atoms with E-state index in [0.717, 1.165) is 13.1 Å². The Morgan fingerprint density at radius 3 is 2.70 bits per heavy atom. The molecule has 2 aromatic carbocycles. The van der Waals surface area contributed by atoms with E-state index in [1.54, 1.807) is 0 Å². The summed E-state index contributed by atoms with van der Waals surface area (Å²) < 4.78 is 0. The van der Waals surface area contributed by atoms with E-state index in [1.807, 2.05) is 0 Å².